The number of aromatic nitrogens is 1. The second kappa shape index (κ2) is 4.22. The van der Waals surface area contributed by atoms with Crippen LogP contribution in [0.4, 0.5) is 0 Å². The second-order valence-electron chi connectivity index (χ2n) is 4.39. The van der Waals surface area contributed by atoms with Crippen molar-refractivity contribution in [2.75, 3.05) is 6.54 Å². The molecule has 0 aliphatic carbocycles. The van der Waals surface area contributed by atoms with Crippen LogP contribution < -0.4 is 5.63 Å². The zero-order valence-corrected chi connectivity index (χ0v) is 9.48. The Bertz CT molecular complexity index is 556. The molecule has 0 spiro atoms. The highest BCUT2D eigenvalue weighted by atomic mass is 16.5. The van der Waals surface area contributed by atoms with Crippen LogP contribution in [0.3, 0.4) is 0 Å². The topological polar surface area (TPSA) is 49.2 Å². The van der Waals surface area contributed by atoms with Gasteiger partial charge >= 0.3 is 5.63 Å². The number of hydrogen-bond donors (Lipinski definition) is 1. The minimum atomic E-state index is -0.209. The molecular formula is C13H14N2O2. The molecule has 17 heavy (non-hydrogen) atoms. The molecule has 4 heteroatoms. The van der Waals surface area contributed by atoms with Gasteiger partial charge in [-0.25, -0.2) is 9.95 Å². The van der Waals surface area contributed by atoms with Crippen LogP contribution in [0.15, 0.2) is 39.6 Å². The SMILES string of the molecule is O=c1o[nH]c2c1CCN(Cc1ccccc1)C2. The van der Waals surface area contributed by atoms with Gasteiger partial charge in [-0.3, -0.25) is 4.90 Å². The minimum Gasteiger partial charge on any atom is -0.339 e. The lowest BCUT2D eigenvalue weighted by molar-refractivity contribution is 0.239. The van der Waals surface area contributed by atoms with Crippen LogP contribution in [0.2, 0.25) is 0 Å². The van der Waals surface area contributed by atoms with E-state index in [4.69, 9.17) is 4.52 Å². The fourth-order valence-corrected chi connectivity index (χ4v) is 2.28. The molecule has 0 radical (unpaired) electrons. The first-order chi connectivity index (χ1) is 8.33. The highest BCUT2D eigenvalue weighted by Gasteiger charge is 2.21. The normalized spacial score (nSPS) is 15.8. The van der Waals surface area contributed by atoms with E-state index in [0.29, 0.717) is 0 Å². The largest absolute Gasteiger partial charge is 0.360 e. The highest BCUT2D eigenvalue weighted by Crippen LogP contribution is 2.16. The second-order valence-corrected chi connectivity index (χ2v) is 4.39. The van der Waals surface area contributed by atoms with Crippen LogP contribution in [-0.2, 0) is 19.5 Å². The van der Waals surface area contributed by atoms with E-state index in [1.165, 1.54) is 5.56 Å². The quantitative estimate of drug-likeness (QED) is 0.851. The standard InChI is InChI=1S/C13H14N2O2/c16-13-11-6-7-15(9-12(11)14-17-13)8-10-4-2-1-3-5-10/h1-5,14H,6-9H2. The third-order valence-corrected chi connectivity index (χ3v) is 3.19. The Morgan fingerprint density at radius 2 is 2.12 bits per heavy atom. The summed E-state index contributed by atoms with van der Waals surface area (Å²) in [5.74, 6) is 0. The monoisotopic (exact) mass is 230 g/mol. The summed E-state index contributed by atoms with van der Waals surface area (Å²) in [6.07, 6.45) is 0.772. The lowest BCUT2D eigenvalue weighted by atomic mass is 10.1. The predicted octanol–water partition coefficient (Wildman–Crippen LogP) is 1.53. The van der Waals surface area contributed by atoms with E-state index in [1.807, 2.05) is 18.2 Å². The Hall–Kier alpha value is -1.81. The van der Waals surface area contributed by atoms with Gasteiger partial charge in [0.05, 0.1) is 11.3 Å². The van der Waals surface area contributed by atoms with Crippen molar-refractivity contribution in [3.63, 3.8) is 0 Å². The molecule has 0 fully saturated rings. The number of hydrogen-bond acceptors (Lipinski definition) is 3. The molecule has 1 aliphatic heterocycles. The van der Waals surface area contributed by atoms with Crippen molar-refractivity contribution in [1.82, 2.24) is 10.1 Å². The third kappa shape index (κ3) is 2.03. The first kappa shape index (κ1) is 10.4. The van der Waals surface area contributed by atoms with Crippen LogP contribution in [0.1, 0.15) is 16.8 Å². The third-order valence-electron chi connectivity index (χ3n) is 3.19. The lowest BCUT2D eigenvalue weighted by Gasteiger charge is -2.25. The van der Waals surface area contributed by atoms with E-state index in [9.17, 15) is 4.79 Å². The Labute approximate surface area is 98.8 Å². The first-order valence-corrected chi connectivity index (χ1v) is 5.78. The summed E-state index contributed by atoms with van der Waals surface area (Å²) in [7, 11) is 0. The van der Waals surface area contributed by atoms with Crippen molar-refractivity contribution in [1.29, 1.82) is 0 Å². The average molecular weight is 230 g/mol. The number of nitrogens with one attached hydrogen (secondary N) is 1. The number of H-pyrrole nitrogens is 1. The maximum atomic E-state index is 11.3. The maximum absolute atomic E-state index is 11.3. The van der Waals surface area contributed by atoms with Crippen molar-refractivity contribution >= 4 is 0 Å². The van der Waals surface area contributed by atoms with Crippen molar-refractivity contribution in [3.8, 4) is 0 Å². The van der Waals surface area contributed by atoms with E-state index in [0.717, 1.165) is 37.3 Å². The summed E-state index contributed by atoms with van der Waals surface area (Å²) in [6, 6.07) is 10.3. The molecular weight excluding hydrogens is 216 g/mol. The van der Waals surface area contributed by atoms with Gasteiger partial charge in [0.15, 0.2) is 0 Å². The summed E-state index contributed by atoms with van der Waals surface area (Å²) >= 11 is 0. The fourth-order valence-electron chi connectivity index (χ4n) is 2.28. The van der Waals surface area contributed by atoms with Gasteiger partial charge in [0.1, 0.15) is 0 Å². The van der Waals surface area contributed by atoms with E-state index >= 15 is 0 Å². The van der Waals surface area contributed by atoms with Gasteiger partial charge in [0.25, 0.3) is 0 Å². The highest BCUT2D eigenvalue weighted by molar-refractivity contribution is 5.19. The summed E-state index contributed by atoms with van der Waals surface area (Å²) in [6.45, 7) is 2.58. The Morgan fingerprint density at radius 3 is 2.94 bits per heavy atom. The van der Waals surface area contributed by atoms with Gasteiger partial charge in [0, 0.05) is 19.6 Å². The number of aromatic amines is 1. The zero-order chi connectivity index (χ0) is 11.7. The van der Waals surface area contributed by atoms with Gasteiger partial charge in [-0.15, -0.1) is 0 Å². The van der Waals surface area contributed by atoms with Crippen molar-refractivity contribution in [2.45, 2.75) is 19.5 Å². The fraction of sp³-hybridized carbons (Fsp3) is 0.308. The summed E-state index contributed by atoms with van der Waals surface area (Å²) in [5, 5.41) is 2.71. The van der Waals surface area contributed by atoms with E-state index in [2.05, 4.69) is 22.2 Å². The predicted molar refractivity (Wildman–Crippen MR) is 63.6 cm³/mol. The molecule has 88 valence electrons. The zero-order valence-electron chi connectivity index (χ0n) is 9.48. The summed E-state index contributed by atoms with van der Waals surface area (Å²) in [5.41, 5.74) is 2.83. The van der Waals surface area contributed by atoms with E-state index < -0.39 is 0 Å². The van der Waals surface area contributed by atoms with Gasteiger partial charge in [-0.1, -0.05) is 30.3 Å². The Morgan fingerprint density at radius 1 is 1.29 bits per heavy atom. The van der Waals surface area contributed by atoms with Crippen LogP contribution in [-0.4, -0.2) is 16.6 Å². The van der Waals surface area contributed by atoms with Crippen molar-refractivity contribution in [2.24, 2.45) is 0 Å². The molecule has 1 aromatic heterocycles. The van der Waals surface area contributed by atoms with Crippen LogP contribution in [0.5, 0.6) is 0 Å². The molecule has 1 aliphatic rings. The van der Waals surface area contributed by atoms with Crippen LogP contribution >= 0.6 is 0 Å². The number of benzene rings is 1. The van der Waals surface area contributed by atoms with Gasteiger partial charge in [-0.05, 0) is 12.0 Å². The van der Waals surface area contributed by atoms with E-state index in [-0.39, 0.29) is 5.63 Å². The molecule has 3 rings (SSSR count). The maximum Gasteiger partial charge on any atom is 0.360 e. The van der Waals surface area contributed by atoms with Gasteiger partial charge in [-0.2, -0.15) is 0 Å². The number of fused-ring (bicyclic) bond motifs is 1. The number of nitrogens with zero attached hydrogens (tertiary/aromatic N) is 1. The molecule has 0 unspecified atom stereocenters. The van der Waals surface area contributed by atoms with Crippen molar-refractivity contribution in [3.05, 3.63) is 57.6 Å². The molecule has 2 heterocycles. The molecule has 0 saturated heterocycles. The minimum absolute atomic E-state index is 0.209. The van der Waals surface area contributed by atoms with Crippen molar-refractivity contribution < 1.29 is 4.52 Å². The van der Waals surface area contributed by atoms with Crippen LogP contribution in [0, 0.1) is 0 Å². The molecule has 0 atom stereocenters. The molecule has 0 amide bonds. The Kier molecular flexibility index (Phi) is 2.57. The number of rotatable bonds is 2. The Balaban J connectivity index is 1.75. The average Bonchev–Trinajstić information content (AvgIpc) is 2.72. The van der Waals surface area contributed by atoms with Gasteiger partial charge in [0.2, 0.25) is 0 Å². The molecule has 0 bridgehead atoms. The van der Waals surface area contributed by atoms with Crippen LogP contribution in [0.25, 0.3) is 0 Å². The molecule has 1 N–H and O–H groups in total. The molecule has 4 nitrogen and oxygen atoms in total. The molecule has 2 aromatic rings. The smallest absolute Gasteiger partial charge is 0.339 e. The summed E-state index contributed by atoms with van der Waals surface area (Å²) in [4.78, 5) is 13.6. The lowest BCUT2D eigenvalue weighted by Crippen LogP contribution is -2.31. The first-order valence-electron chi connectivity index (χ1n) is 5.78. The molecule has 1 aromatic carbocycles. The van der Waals surface area contributed by atoms with Gasteiger partial charge < -0.3 is 4.52 Å². The molecule has 0 saturated carbocycles. The van der Waals surface area contributed by atoms with E-state index in [1.54, 1.807) is 0 Å². The summed E-state index contributed by atoms with van der Waals surface area (Å²) < 4.78 is 4.81.